The van der Waals surface area contributed by atoms with Gasteiger partial charge in [0.1, 0.15) is 0 Å². The number of hydrogen-bond donors (Lipinski definition) is 2. The lowest BCUT2D eigenvalue weighted by molar-refractivity contribution is 0.256. The van der Waals surface area contributed by atoms with E-state index in [9.17, 15) is 0 Å². The molecule has 2 heteroatoms. The van der Waals surface area contributed by atoms with Gasteiger partial charge in [0.05, 0.1) is 0 Å². The molecular formula is C11H22N2. The monoisotopic (exact) mass is 182 g/mol. The van der Waals surface area contributed by atoms with Crippen LogP contribution < -0.4 is 11.1 Å². The summed E-state index contributed by atoms with van der Waals surface area (Å²) < 4.78 is 0. The molecule has 0 aliphatic heterocycles. The van der Waals surface area contributed by atoms with Crippen molar-refractivity contribution in [2.24, 2.45) is 11.7 Å². The predicted octanol–water partition coefficient (Wildman–Crippen LogP) is 1.65. The molecule has 0 aromatic carbocycles. The highest BCUT2D eigenvalue weighted by Crippen LogP contribution is 2.24. The quantitative estimate of drug-likeness (QED) is 0.696. The first kappa shape index (κ1) is 9.47. The van der Waals surface area contributed by atoms with Crippen LogP contribution in [0.4, 0.5) is 0 Å². The predicted molar refractivity (Wildman–Crippen MR) is 55.6 cm³/mol. The second-order valence-electron chi connectivity index (χ2n) is 4.84. The zero-order valence-corrected chi connectivity index (χ0v) is 8.47. The first-order valence-corrected chi connectivity index (χ1v) is 5.83. The zero-order valence-electron chi connectivity index (χ0n) is 8.47. The Morgan fingerprint density at radius 1 is 1.08 bits per heavy atom. The lowest BCUT2D eigenvalue weighted by Crippen LogP contribution is -2.49. The van der Waals surface area contributed by atoms with Gasteiger partial charge >= 0.3 is 0 Å². The van der Waals surface area contributed by atoms with Gasteiger partial charge in [0.15, 0.2) is 0 Å². The minimum absolute atomic E-state index is 0.490. The summed E-state index contributed by atoms with van der Waals surface area (Å²) in [4.78, 5) is 0. The van der Waals surface area contributed by atoms with Gasteiger partial charge in [-0.3, -0.25) is 0 Å². The second kappa shape index (κ2) is 4.43. The molecule has 2 aliphatic rings. The van der Waals surface area contributed by atoms with Crippen molar-refractivity contribution in [1.29, 1.82) is 0 Å². The van der Waals surface area contributed by atoms with Crippen molar-refractivity contribution >= 4 is 0 Å². The summed E-state index contributed by atoms with van der Waals surface area (Å²) >= 11 is 0. The molecular weight excluding hydrogens is 160 g/mol. The van der Waals surface area contributed by atoms with Crippen molar-refractivity contribution in [3.63, 3.8) is 0 Å². The summed E-state index contributed by atoms with van der Waals surface area (Å²) in [6, 6.07) is 1.24. The van der Waals surface area contributed by atoms with E-state index in [1.807, 2.05) is 0 Å². The van der Waals surface area contributed by atoms with Gasteiger partial charge in [-0.2, -0.15) is 0 Å². The lowest BCUT2D eigenvalue weighted by atomic mass is 9.85. The van der Waals surface area contributed by atoms with Crippen LogP contribution in [0.15, 0.2) is 0 Å². The molecule has 2 fully saturated rings. The highest BCUT2D eigenvalue weighted by molar-refractivity contribution is 4.88. The summed E-state index contributed by atoms with van der Waals surface area (Å²) in [6.45, 7) is 1.25. The summed E-state index contributed by atoms with van der Waals surface area (Å²) in [5.41, 5.74) is 5.74. The zero-order chi connectivity index (χ0) is 9.10. The highest BCUT2D eigenvalue weighted by Gasteiger charge is 2.26. The van der Waals surface area contributed by atoms with Crippen molar-refractivity contribution < 1.29 is 0 Å². The molecule has 0 aromatic rings. The molecule has 2 nitrogen and oxygen atoms in total. The van der Waals surface area contributed by atoms with Crippen LogP contribution in [0.1, 0.15) is 44.9 Å². The average molecular weight is 182 g/mol. The Labute approximate surface area is 81.3 Å². The standard InChI is InChI=1S/C11H22N2/c12-10-6-11(7-10)13-8-9-4-2-1-3-5-9/h9-11,13H,1-8,12H2. The van der Waals surface area contributed by atoms with E-state index < -0.39 is 0 Å². The van der Waals surface area contributed by atoms with Crippen molar-refractivity contribution in [1.82, 2.24) is 5.32 Å². The van der Waals surface area contributed by atoms with Crippen LogP contribution in [-0.2, 0) is 0 Å². The van der Waals surface area contributed by atoms with Crippen LogP contribution in [0.5, 0.6) is 0 Å². The number of hydrogen-bond acceptors (Lipinski definition) is 2. The number of nitrogens with one attached hydrogen (secondary N) is 1. The molecule has 0 bridgehead atoms. The molecule has 0 unspecified atom stereocenters. The van der Waals surface area contributed by atoms with E-state index in [1.54, 1.807) is 0 Å². The second-order valence-corrected chi connectivity index (χ2v) is 4.84. The van der Waals surface area contributed by atoms with E-state index in [4.69, 9.17) is 5.73 Å². The van der Waals surface area contributed by atoms with E-state index >= 15 is 0 Å². The van der Waals surface area contributed by atoms with Gasteiger partial charge < -0.3 is 11.1 Å². The van der Waals surface area contributed by atoms with Gasteiger partial charge in [0.25, 0.3) is 0 Å². The largest absolute Gasteiger partial charge is 0.328 e. The molecule has 0 amide bonds. The molecule has 0 radical (unpaired) electrons. The molecule has 3 N–H and O–H groups in total. The van der Waals surface area contributed by atoms with Gasteiger partial charge in [-0.1, -0.05) is 19.3 Å². The molecule has 76 valence electrons. The van der Waals surface area contributed by atoms with E-state index in [0.29, 0.717) is 6.04 Å². The Balaban J connectivity index is 1.56. The van der Waals surface area contributed by atoms with Crippen molar-refractivity contribution in [2.75, 3.05) is 6.54 Å². The summed E-state index contributed by atoms with van der Waals surface area (Å²) in [6.07, 6.45) is 9.68. The maximum Gasteiger partial charge on any atom is 0.00966 e. The van der Waals surface area contributed by atoms with E-state index in [-0.39, 0.29) is 0 Å². The molecule has 2 saturated carbocycles. The van der Waals surface area contributed by atoms with Gasteiger partial charge in [0, 0.05) is 12.1 Å². The Kier molecular flexibility index (Phi) is 3.23. The minimum atomic E-state index is 0.490. The first-order chi connectivity index (χ1) is 6.34. The Bertz CT molecular complexity index is 146. The molecule has 2 aliphatic carbocycles. The lowest BCUT2D eigenvalue weighted by Gasteiger charge is -2.35. The van der Waals surface area contributed by atoms with Crippen LogP contribution in [0, 0.1) is 5.92 Å². The van der Waals surface area contributed by atoms with Crippen LogP contribution in [0.3, 0.4) is 0 Å². The molecule has 2 rings (SSSR count). The van der Waals surface area contributed by atoms with Crippen molar-refractivity contribution in [3.8, 4) is 0 Å². The highest BCUT2D eigenvalue weighted by atomic mass is 15.0. The normalized spacial score (nSPS) is 35.8. The summed E-state index contributed by atoms with van der Waals surface area (Å²) in [5.74, 6) is 0.963. The molecule has 0 heterocycles. The Morgan fingerprint density at radius 3 is 2.38 bits per heavy atom. The molecule has 0 spiro atoms. The third-order valence-corrected chi connectivity index (χ3v) is 3.59. The molecule has 13 heavy (non-hydrogen) atoms. The van der Waals surface area contributed by atoms with Gasteiger partial charge in [0.2, 0.25) is 0 Å². The van der Waals surface area contributed by atoms with Crippen LogP contribution in [0.2, 0.25) is 0 Å². The van der Waals surface area contributed by atoms with Gasteiger partial charge in [-0.05, 0) is 38.1 Å². The third-order valence-electron chi connectivity index (χ3n) is 3.59. The SMILES string of the molecule is NC1CC(NCC2CCCCC2)C1. The Hall–Kier alpha value is -0.0800. The van der Waals surface area contributed by atoms with E-state index in [0.717, 1.165) is 12.0 Å². The number of nitrogens with two attached hydrogens (primary N) is 1. The van der Waals surface area contributed by atoms with Crippen molar-refractivity contribution in [3.05, 3.63) is 0 Å². The fourth-order valence-corrected chi connectivity index (χ4v) is 2.55. The summed E-state index contributed by atoms with van der Waals surface area (Å²) in [5, 5.41) is 3.64. The average Bonchev–Trinajstić information content (AvgIpc) is 2.12. The minimum Gasteiger partial charge on any atom is -0.328 e. The maximum absolute atomic E-state index is 5.74. The first-order valence-electron chi connectivity index (χ1n) is 5.83. The fraction of sp³-hybridized carbons (Fsp3) is 1.00. The number of rotatable bonds is 3. The van der Waals surface area contributed by atoms with Crippen LogP contribution in [-0.4, -0.2) is 18.6 Å². The topological polar surface area (TPSA) is 38.0 Å². The summed E-state index contributed by atoms with van der Waals surface area (Å²) in [7, 11) is 0. The van der Waals surface area contributed by atoms with E-state index in [2.05, 4.69) is 5.32 Å². The smallest absolute Gasteiger partial charge is 0.00966 e. The third kappa shape index (κ3) is 2.68. The van der Waals surface area contributed by atoms with Gasteiger partial charge in [-0.25, -0.2) is 0 Å². The molecule has 0 aromatic heterocycles. The molecule has 0 saturated heterocycles. The Morgan fingerprint density at radius 2 is 1.77 bits per heavy atom. The van der Waals surface area contributed by atoms with E-state index in [1.165, 1.54) is 51.5 Å². The molecule has 0 atom stereocenters. The fourth-order valence-electron chi connectivity index (χ4n) is 2.55. The maximum atomic E-state index is 5.74. The van der Waals surface area contributed by atoms with Crippen LogP contribution >= 0.6 is 0 Å². The van der Waals surface area contributed by atoms with Crippen LogP contribution in [0.25, 0.3) is 0 Å². The van der Waals surface area contributed by atoms with Crippen molar-refractivity contribution in [2.45, 2.75) is 57.0 Å². The van der Waals surface area contributed by atoms with Gasteiger partial charge in [-0.15, -0.1) is 0 Å².